The van der Waals surface area contributed by atoms with E-state index in [1.54, 1.807) is 36.1 Å². The van der Waals surface area contributed by atoms with Gasteiger partial charge in [0.15, 0.2) is 5.82 Å². The summed E-state index contributed by atoms with van der Waals surface area (Å²) in [6.07, 6.45) is 0. The molecule has 1 amide bonds. The molecule has 0 saturated carbocycles. The zero-order valence-electron chi connectivity index (χ0n) is 15.5. The third-order valence-corrected chi connectivity index (χ3v) is 4.79. The van der Waals surface area contributed by atoms with Crippen molar-refractivity contribution in [3.05, 3.63) is 89.2 Å². The second-order valence-electron chi connectivity index (χ2n) is 6.20. The summed E-state index contributed by atoms with van der Waals surface area (Å²) in [5, 5.41) is 7.29. The topological polar surface area (TPSA) is 69.0 Å². The van der Waals surface area contributed by atoms with Gasteiger partial charge in [-0.15, -0.1) is 5.10 Å². The maximum absolute atomic E-state index is 12.8. The van der Waals surface area contributed by atoms with Gasteiger partial charge in [-0.3, -0.25) is 4.79 Å². The van der Waals surface area contributed by atoms with Gasteiger partial charge in [-0.1, -0.05) is 46.3 Å². The molecular weight excluding hydrogens is 432 g/mol. The maximum atomic E-state index is 12.8. The number of benzene rings is 3. The molecule has 0 unspecified atom stereocenters. The van der Waals surface area contributed by atoms with Crippen LogP contribution in [0.2, 0.25) is 0 Å². The Morgan fingerprint density at radius 1 is 0.966 bits per heavy atom. The quantitative estimate of drug-likeness (QED) is 0.468. The minimum atomic E-state index is -0.386. The largest absolute Gasteiger partial charge is 0.497 e. The van der Waals surface area contributed by atoms with E-state index in [2.05, 4.69) is 31.3 Å². The fraction of sp³-hybridized carbons (Fsp3) is 0.0455. The molecule has 4 rings (SSSR count). The fourth-order valence-corrected chi connectivity index (χ4v) is 3.07. The molecule has 0 fully saturated rings. The van der Waals surface area contributed by atoms with E-state index < -0.39 is 0 Å². The number of ether oxygens (including phenoxy) is 1. The monoisotopic (exact) mass is 448 g/mol. The van der Waals surface area contributed by atoms with Gasteiger partial charge in [0.25, 0.3) is 5.91 Å². The van der Waals surface area contributed by atoms with Crippen LogP contribution in [0.3, 0.4) is 0 Å². The van der Waals surface area contributed by atoms with Crippen molar-refractivity contribution in [2.45, 2.75) is 0 Å². The highest BCUT2D eigenvalue weighted by Gasteiger charge is 2.19. The summed E-state index contributed by atoms with van der Waals surface area (Å²) in [6, 6.07) is 24.4. The van der Waals surface area contributed by atoms with Crippen molar-refractivity contribution < 1.29 is 9.53 Å². The lowest BCUT2D eigenvalue weighted by molar-refractivity contribution is 0.101. The Hall–Kier alpha value is -3.45. The number of para-hydroxylation sites is 1. The number of hydrogen-bond acceptors (Lipinski definition) is 4. The number of halogens is 1. The van der Waals surface area contributed by atoms with Crippen LogP contribution in [0.15, 0.2) is 83.3 Å². The molecule has 144 valence electrons. The number of methoxy groups -OCH3 is 1. The normalized spacial score (nSPS) is 10.6. The SMILES string of the molecule is COc1ccc(NC(=O)c2nc(-c3ccc(Br)cc3)n(-c3ccccc3)n2)cc1. The van der Waals surface area contributed by atoms with Crippen molar-refractivity contribution >= 4 is 27.5 Å². The predicted molar refractivity (Wildman–Crippen MR) is 115 cm³/mol. The Kier molecular flexibility index (Phi) is 5.39. The number of nitrogens with zero attached hydrogens (tertiary/aromatic N) is 3. The summed E-state index contributed by atoms with van der Waals surface area (Å²) in [5.74, 6) is 1.00. The Bertz CT molecular complexity index is 1120. The molecule has 1 heterocycles. The van der Waals surface area contributed by atoms with Crippen LogP contribution >= 0.6 is 15.9 Å². The first-order chi connectivity index (χ1) is 14.1. The summed E-state index contributed by atoms with van der Waals surface area (Å²) in [6.45, 7) is 0. The lowest BCUT2D eigenvalue weighted by Gasteiger charge is -2.05. The average molecular weight is 449 g/mol. The van der Waals surface area contributed by atoms with Crippen LogP contribution in [0, 0.1) is 0 Å². The van der Waals surface area contributed by atoms with Gasteiger partial charge in [0.2, 0.25) is 5.82 Å². The first-order valence-electron chi connectivity index (χ1n) is 8.88. The second-order valence-corrected chi connectivity index (χ2v) is 7.11. The summed E-state index contributed by atoms with van der Waals surface area (Å²) in [7, 11) is 1.59. The molecule has 0 spiro atoms. The number of amides is 1. The van der Waals surface area contributed by atoms with Crippen molar-refractivity contribution in [3.8, 4) is 22.8 Å². The Morgan fingerprint density at radius 2 is 1.66 bits per heavy atom. The molecule has 0 aliphatic heterocycles. The van der Waals surface area contributed by atoms with Crippen molar-refractivity contribution in [2.24, 2.45) is 0 Å². The average Bonchev–Trinajstić information content (AvgIpc) is 3.21. The first-order valence-corrected chi connectivity index (χ1v) is 9.67. The van der Waals surface area contributed by atoms with E-state index in [9.17, 15) is 4.79 Å². The smallest absolute Gasteiger partial charge is 0.295 e. The highest BCUT2D eigenvalue weighted by molar-refractivity contribution is 9.10. The van der Waals surface area contributed by atoms with Crippen LogP contribution in [0.5, 0.6) is 5.75 Å². The number of carbonyl (C=O) groups is 1. The number of carbonyl (C=O) groups excluding carboxylic acids is 1. The zero-order chi connectivity index (χ0) is 20.2. The minimum absolute atomic E-state index is 0.0857. The van der Waals surface area contributed by atoms with E-state index in [1.807, 2.05) is 54.6 Å². The number of aromatic nitrogens is 3. The highest BCUT2D eigenvalue weighted by Crippen LogP contribution is 2.24. The van der Waals surface area contributed by atoms with Gasteiger partial charge in [0.05, 0.1) is 12.8 Å². The van der Waals surface area contributed by atoms with E-state index in [-0.39, 0.29) is 11.7 Å². The highest BCUT2D eigenvalue weighted by atomic mass is 79.9. The molecule has 0 aliphatic rings. The number of hydrogen-bond donors (Lipinski definition) is 1. The molecule has 29 heavy (non-hydrogen) atoms. The summed E-state index contributed by atoms with van der Waals surface area (Å²) < 4.78 is 7.78. The van der Waals surface area contributed by atoms with Crippen LogP contribution in [-0.2, 0) is 0 Å². The standard InChI is InChI=1S/C22H17BrN4O2/c1-29-19-13-11-17(12-14-19)24-22(28)20-25-21(15-7-9-16(23)10-8-15)27(26-20)18-5-3-2-4-6-18/h2-14H,1H3,(H,24,28). The van der Waals surface area contributed by atoms with E-state index >= 15 is 0 Å². The van der Waals surface area contributed by atoms with Crippen molar-refractivity contribution in [2.75, 3.05) is 12.4 Å². The van der Waals surface area contributed by atoms with E-state index in [0.717, 1.165) is 15.7 Å². The second kappa shape index (κ2) is 8.28. The molecule has 7 heteroatoms. The van der Waals surface area contributed by atoms with Gasteiger partial charge in [0.1, 0.15) is 5.75 Å². The van der Waals surface area contributed by atoms with E-state index in [0.29, 0.717) is 17.3 Å². The fourth-order valence-electron chi connectivity index (χ4n) is 2.80. The van der Waals surface area contributed by atoms with Gasteiger partial charge >= 0.3 is 0 Å². The number of anilines is 1. The molecular formula is C22H17BrN4O2. The third kappa shape index (κ3) is 4.20. The van der Waals surface area contributed by atoms with Gasteiger partial charge in [-0.2, -0.15) is 0 Å². The van der Waals surface area contributed by atoms with Gasteiger partial charge in [0, 0.05) is 15.7 Å². The Balaban J connectivity index is 1.70. The number of nitrogens with one attached hydrogen (secondary N) is 1. The van der Waals surface area contributed by atoms with Crippen molar-refractivity contribution in [3.63, 3.8) is 0 Å². The maximum Gasteiger partial charge on any atom is 0.295 e. The lowest BCUT2D eigenvalue weighted by Crippen LogP contribution is -2.14. The molecule has 0 aliphatic carbocycles. The molecule has 1 aromatic heterocycles. The predicted octanol–water partition coefficient (Wildman–Crippen LogP) is 4.96. The van der Waals surface area contributed by atoms with Crippen LogP contribution in [-0.4, -0.2) is 27.8 Å². The Labute approximate surface area is 176 Å². The molecule has 4 aromatic rings. The van der Waals surface area contributed by atoms with Crippen molar-refractivity contribution in [1.29, 1.82) is 0 Å². The molecule has 0 atom stereocenters. The molecule has 3 aromatic carbocycles. The van der Waals surface area contributed by atoms with Gasteiger partial charge in [-0.05, 0) is 48.5 Å². The lowest BCUT2D eigenvalue weighted by atomic mass is 10.2. The van der Waals surface area contributed by atoms with Crippen LogP contribution in [0.1, 0.15) is 10.6 Å². The van der Waals surface area contributed by atoms with Crippen LogP contribution in [0.4, 0.5) is 5.69 Å². The first kappa shape index (κ1) is 18.9. The van der Waals surface area contributed by atoms with E-state index in [4.69, 9.17) is 4.74 Å². The van der Waals surface area contributed by atoms with Crippen LogP contribution < -0.4 is 10.1 Å². The van der Waals surface area contributed by atoms with Crippen molar-refractivity contribution in [1.82, 2.24) is 14.8 Å². The zero-order valence-corrected chi connectivity index (χ0v) is 17.1. The third-order valence-electron chi connectivity index (χ3n) is 4.26. The molecule has 0 radical (unpaired) electrons. The molecule has 0 bridgehead atoms. The summed E-state index contributed by atoms with van der Waals surface area (Å²) >= 11 is 3.44. The number of rotatable bonds is 5. The van der Waals surface area contributed by atoms with Crippen LogP contribution in [0.25, 0.3) is 17.1 Å². The molecule has 0 saturated heterocycles. The van der Waals surface area contributed by atoms with Gasteiger partial charge in [-0.25, -0.2) is 9.67 Å². The Morgan fingerprint density at radius 3 is 2.31 bits per heavy atom. The molecule has 1 N–H and O–H groups in total. The van der Waals surface area contributed by atoms with Gasteiger partial charge < -0.3 is 10.1 Å². The summed E-state index contributed by atoms with van der Waals surface area (Å²) in [4.78, 5) is 17.3. The summed E-state index contributed by atoms with van der Waals surface area (Å²) in [5.41, 5.74) is 2.31. The van der Waals surface area contributed by atoms with E-state index in [1.165, 1.54) is 0 Å². The molecule has 6 nitrogen and oxygen atoms in total. The minimum Gasteiger partial charge on any atom is -0.497 e.